The largest absolute Gasteiger partial charge is 0.314 e. The van der Waals surface area contributed by atoms with E-state index in [0.717, 1.165) is 24.2 Å². The van der Waals surface area contributed by atoms with Crippen molar-refractivity contribution in [2.75, 3.05) is 12.3 Å². The Morgan fingerprint density at radius 1 is 1.50 bits per heavy atom. The average Bonchev–Trinajstić information content (AvgIpc) is 2.76. The monoisotopic (exact) mass is 300 g/mol. The normalized spacial score (nSPS) is 20.2. The number of hydrogen-bond donors (Lipinski definition) is 2. The lowest BCUT2D eigenvalue weighted by Gasteiger charge is -2.23. The maximum atomic E-state index is 12.0. The van der Waals surface area contributed by atoms with Crippen LogP contribution in [0.25, 0.3) is 0 Å². The van der Waals surface area contributed by atoms with Crippen LogP contribution in [0.3, 0.4) is 0 Å². The standard InChI is InChI=1S/C13H24N4O2S/c1-11-12(9-15-17(11)2)10-16-20(18,19)8-6-13-5-3-4-7-14-13/h9,13-14,16H,3-8,10H2,1-2H3. The van der Waals surface area contributed by atoms with Gasteiger partial charge in [-0.3, -0.25) is 4.68 Å². The number of nitrogens with one attached hydrogen (secondary N) is 2. The Morgan fingerprint density at radius 2 is 2.30 bits per heavy atom. The van der Waals surface area contributed by atoms with Crippen LogP contribution in [0.2, 0.25) is 0 Å². The summed E-state index contributed by atoms with van der Waals surface area (Å²) in [6.45, 7) is 3.26. The fraction of sp³-hybridized carbons (Fsp3) is 0.769. The number of piperidine rings is 1. The van der Waals surface area contributed by atoms with Crippen LogP contribution in [0.15, 0.2) is 6.20 Å². The van der Waals surface area contributed by atoms with Crippen molar-refractivity contribution >= 4 is 10.0 Å². The molecule has 6 nitrogen and oxygen atoms in total. The van der Waals surface area contributed by atoms with Gasteiger partial charge in [-0.15, -0.1) is 0 Å². The first-order chi connectivity index (χ1) is 9.48. The molecule has 0 aliphatic carbocycles. The van der Waals surface area contributed by atoms with Crippen LogP contribution in [0, 0.1) is 6.92 Å². The smallest absolute Gasteiger partial charge is 0.211 e. The highest BCUT2D eigenvalue weighted by molar-refractivity contribution is 7.89. The molecule has 1 unspecified atom stereocenters. The van der Waals surface area contributed by atoms with E-state index in [0.29, 0.717) is 19.0 Å². The summed E-state index contributed by atoms with van der Waals surface area (Å²) in [7, 11) is -1.36. The van der Waals surface area contributed by atoms with E-state index >= 15 is 0 Å². The van der Waals surface area contributed by atoms with Crippen molar-refractivity contribution in [1.82, 2.24) is 19.8 Å². The Labute approximate surface area is 121 Å². The van der Waals surface area contributed by atoms with Gasteiger partial charge in [-0.05, 0) is 32.7 Å². The molecule has 0 radical (unpaired) electrons. The van der Waals surface area contributed by atoms with Crippen molar-refractivity contribution in [3.63, 3.8) is 0 Å². The van der Waals surface area contributed by atoms with Crippen LogP contribution < -0.4 is 10.0 Å². The van der Waals surface area contributed by atoms with Gasteiger partial charge in [-0.25, -0.2) is 13.1 Å². The number of aryl methyl sites for hydroxylation is 1. The van der Waals surface area contributed by atoms with E-state index in [4.69, 9.17) is 0 Å². The lowest BCUT2D eigenvalue weighted by molar-refractivity contribution is 0.392. The molecule has 0 saturated carbocycles. The molecule has 1 saturated heterocycles. The lowest BCUT2D eigenvalue weighted by Crippen LogP contribution is -2.37. The fourth-order valence-electron chi connectivity index (χ4n) is 2.45. The first kappa shape index (κ1) is 15.5. The molecule has 1 aromatic rings. The van der Waals surface area contributed by atoms with Gasteiger partial charge in [0.25, 0.3) is 0 Å². The SMILES string of the molecule is Cc1c(CNS(=O)(=O)CCC2CCCCN2)cnn1C. The highest BCUT2D eigenvalue weighted by Crippen LogP contribution is 2.11. The molecular formula is C13H24N4O2S. The van der Waals surface area contributed by atoms with Gasteiger partial charge >= 0.3 is 0 Å². The van der Waals surface area contributed by atoms with Crippen molar-refractivity contribution in [1.29, 1.82) is 0 Å². The molecule has 2 heterocycles. The molecule has 2 rings (SSSR count). The van der Waals surface area contributed by atoms with Crippen LogP contribution in [0.5, 0.6) is 0 Å². The highest BCUT2D eigenvalue weighted by Gasteiger charge is 2.17. The van der Waals surface area contributed by atoms with E-state index in [1.165, 1.54) is 12.8 Å². The minimum absolute atomic E-state index is 0.185. The predicted octanol–water partition coefficient (Wildman–Crippen LogP) is 0.680. The number of rotatable bonds is 6. The van der Waals surface area contributed by atoms with E-state index in [9.17, 15) is 8.42 Å². The average molecular weight is 300 g/mol. The topological polar surface area (TPSA) is 76.0 Å². The summed E-state index contributed by atoms with van der Waals surface area (Å²) in [6, 6.07) is 0.348. The molecule has 0 spiro atoms. The first-order valence-electron chi connectivity index (χ1n) is 7.16. The number of hydrogen-bond acceptors (Lipinski definition) is 4. The second-order valence-electron chi connectivity index (χ2n) is 5.45. The molecular weight excluding hydrogens is 276 g/mol. The third-order valence-electron chi connectivity index (χ3n) is 3.97. The summed E-state index contributed by atoms with van der Waals surface area (Å²) >= 11 is 0. The summed E-state index contributed by atoms with van der Waals surface area (Å²) in [5.74, 6) is 0.185. The summed E-state index contributed by atoms with van der Waals surface area (Å²) < 4.78 is 28.4. The summed E-state index contributed by atoms with van der Waals surface area (Å²) in [5.41, 5.74) is 1.91. The summed E-state index contributed by atoms with van der Waals surface area (Å²) in [6.07, 6.45) is 5.86. The van der Waals surface area contributed by atoms with E-state index < -0.39 is 10.0 Å². The van der Waals surface area contributed by atoms with Gasteiger partial charge in [-0.1, -0.05) is 6.42 Å². The maximum Gasteiger partial charge on any atom is 0.211 e. The van der Waals surface area contributed by atoms with E-state index in [2.05, 4.69) is 15.1 Å². The number of sulfonamides is 1. The second kappa shape index (κ2) is 6.69. The van der Waals surface area contributed by atoms with Gasteiger partial charge in [0.05, 0.1) is 11.9 Å². The Kier molecular flexibility index (Phi) is 5.17. The second-order valence-corrected chi connectivity index (χ2v) is 7.38. The van der Waals surface area contributed by atoms with E-state index in [-0.39, 0.29) is 5.75 Å². The van der Waals surface area contributed by atoms with E-state index in [1.54, 1.807) is 10.9 Å². The highest BCUT2D eigenvalue weighted by atomic mass is 32.2. The van der Waals surface area contributed by atoms with Crippen LogP contribution in [-0.4, -0.2) is 36.5 Å². The van der Waals surface area contributed by atoms with Gasteiger partial charge in [0.15, 0.2) is 0 Å². The molecule has 1 fully saturated rings. The molecule has 0 aromatic carbocycles. The van der Waals surface area contributed by atoms with Crippen molar-refractivity contribution in [2.45, 2.75) is 45.2 Å². The molecule has 1 aromatic heterocycles. The zero-order valence-electron chi connectivity index (χ0n) is 12.2. The number of aromatic nitrogens is 2. The lowest BCUT2D eigenvalue weighted by atomic mass is 10.0. The Balaban J connectivity index is 1.80. The molecule has 2 N–H and O–H groups in total. The Morgan fingerprint density at radius 3 is 2.90 bits per heavy atom. The molecule has 114 valence electrons. The molecule has 7 heteroatoms. The molecule has 0 bridgehead atoms. The van der Waals surface area contributed by atoms with Gasteiger partial charge in [0.2, 0.25) is 10.0 Å². The third-order valence-corrected chi connectivity index (χ3v) is 5.32. The molecule has 1 aliphatic heterocycles. The van der Waals surface area contributed by atoms with E-state index in [1.807, 2.05) is 14.0 Å². The van der Waals surface area contributed by atoms with Crippen LogP contribution in [0.4, 0.5) is 0 Å². The zero-order chi connectivity index (χ0) is 14.6. The minimum Gasteiger partial charge on any atom is -0.314 e. The fourth-order valence-corrected chi connectivity index (χ4v) is 3.56. The minimum atomic E-state index is -3.21. The zero-order valence-corrected chi connectivity index (χ0v) is 13.0. The Hall–Kier alpha value is -0.920. The molecule has 1 atom stereocenters. The third kappa shape index (κ3) is 4.29. The van der Waals surface area contributed by atoms with Gasteiger partial charge < -0.3 is 5.32 Å². The molecule has 20 heavy (non-hydrogen) atoms. The van der Waals surface area contributed by atoms with Crippen molar-refractivity contribution in [2.24, 2.45) is 7.05 Å². The molecule has 0 amide bonds. The van der Waals surface area contributed by atoms with Gasteiger partial charge in [0.1, 0.15) is 0 Å². The first-order valence-corrected chi connectivity index (χ1v) is 8.81. The maximum absolute atomic E-state index is 12.0. The van der Waals surface area contributed by atoms with Crippen LogP contribution in [0.1, 0.15) is 36.9 Å². The van der Waals surface area contributed by atoms with Crippen molar-refractivity contribution in [3.05, 3.63) is 17.5 Å². The Bertz CT molecular complexity index is 533. The van der Waals surface area contributed by atoms with Crippen molar-refractivity contribution < 1.29 is 8.42 Å². The number of nitrogens with zero attached hydrogens (tertiary/aromatic N) is 2. The molecule has 1 aliphatic rings. The summed E-state index contributed by atoms with van der Waals surface area (Å²) in [5, 5.41) is 7.48. The van der Waals surface area contributed by atoms with Gasteiger partial charge in [0, 0.05) is 30.9 Å². The quantitative estimate of drug-likeness (QED) is 0.810. The van der Waals surface area contributed by atoms with Crippen molar-refractivity contribution in [3.8, 4) is 0 Å². The van der Waals surface area contributed by atoms with Crippen LogP contribution >= 0.6 is 0 Å². The summed E-state index contributed by atoms with van der Waals surface area (Å²) in [4.78, 5) is 0. The van der Waals surface area contributed by atoms with Gasteiger partial charge in [-0.2, -0.15) is 5.10 Å². The predicted molar refractivity (Wildman–Crippen MR) is 78.8 cm³/mol. The van der Waals surface area contributed by atoms with Crippen LogP contribution in [-0.2, 0) is 23.6 Å².